The molecule has 0 spiro atoms. The van der Waals surface area contributed by atoms with Gasteiger partial charge >= 0.3 is 22.2 Å². The van der Waals surface area contributed by atoms with E-state index in [9.17, 15) is 37.5 Å². The third kappa shape index (κ3) is 10.5. The standard InChI is InChI=1S/C45H63N9O10S2/c1-26(2)46-43-49-34(25-65-43)33-22-36(30-17-16-28(63-7)20-32(30)47-33)64-29-21-35-38(55)51-45(41(58)59)23-27(45)14-11-9-8-10-12-15-31(39(56)53(35)24-29)48-42(60)50-37(44(3,4)5)40(57)54-19-13-18-52(6)66(54,61)62/h16-17,20,22,25-27,29,31,35,37H,8-15,18-19,21,23-24H2,1-7H3,(H,46,49)(H,51,55)(H,58,59)(H2,48,50,60)/t27?,29-,31+,35+,37-,45-/m1/s1. The molecule has 3 aliphatic heterocycles. The lowest BCUT2D eigenvalue weighted by Crippen LogP contribution is -2.62. The van der Waals surface area contributed by atoms with Gasteiger partial charge < -0.3 is 40.7 Å². The Bertz CT molecular complexity index is 2440. The quantitative estimate of drug-likeness (QED) is 0.185. The van der Waals surface area contributed by atoms with Crippen LogP contribution in [0.1, 0.15) is 98.8 Å². The monoisotopic (exact) mass is 953 g/mol. The topological polar surface area (TPSA) is 242 Å². The fourth-order valence-electron chi connectivity index (χ4n) is 9.15. The van der Waals surface area contributed by atoms with Crippen LogP contribution < -0.4 is 30.7 Å². The van der Waals surface area contributed by atoms with Crippen LogP contribution in [0.5, 0.6) is 11.5 Å². The zero-order valence-electron chi connectivity index (χ0n) is 38.7. The van der Waals surface area contributed by atoms with Gasteiger partial charge in [-0.3, -0.25) is 14.4 Å². The van der Waals surface area contributed by atoms with Gasteiger partial charge in [0.1, 0.15) is 47.0 Å². The van der Waals surface area contributed by atoms with Crippen molar-refractivity contribution in [3.05, 3.63) is 29.6 Å². The maximum atomic E-state index is 15.0. The Kier molecular flexibility index (Phi) is 14.4. The highest BCUT2D eigenvalue weighted by Gasteiger charge is 2.62. The van der Waals surface area contributed by atoms with Crippen LogP contribution in [0, 0.1) is 11.3 Å². The Labute approximate surface area is 389 Å². The number of amides is 5. The maximum absolute atomic E-state index is 15.0. The molecular formula is C45H63N9O10S2. The normalized spacial score (nSPS) is 25.7. The second kappa shape index (κ2) is 19.5. The largest absolute Gasteiger partial charge is 0.497 e. The zero-order chi connectivity index (χ0) is 47.7. The lowest BCUT2D eigenvalue weighted by molar-refractivity contribution is -0.145. The number of aliphatic carboxylic acids is 1. The Hall–Kier alpha value is -5.28. The third-order valence-corrected chi connectivity index (χ3v) is 15.6. The van der Waals surface area contributed by atoms with E-state index in [1.54, 1.807) is 46.1 Å². The molecule has 2 aromatic heterocycles. The molecule has 1 unspecified atom stereocenters. The number of hydrogen-bond donors (Lipinski definition) is 5. The van der Waals surface area contributed by atoms with E-state index in [2.05, 4.69) is 21.3 Å². The first-order valence-corrected chi connectivity index (χ1v) is 25.1. The van der Waals surface area contributed by atoms with Crippen LogP contribution in [0.25, 0.3) is 22.3 Å². The highest BCUT2D eigenvalue weighted by molar-refractivity contribution is 7.87. The van der Waals surface area contributed by atoms with Crippen molar-refractivity contribution in [3.63, 3.8) is 0 Å². The van der Waals surface area contributed by atoms with Crippen LogP contribution >= 0.6 is 11.3 Å². The average Bonchev–Trinajstić information content (AvgIpc) is 3.51. The second-order valence-corrected chi connectivity index (χ2v) is 22.1. The van der Waals surface area contributed by atoms with E-state index in [-0.39, 0.29) is 50.9 Å². The van der Waals surface area contributed by atoms with E-state index in [0.29, 0.717) is 53.1 Å². The number of carboxylic acids is 1. The Morgan fingerprint density at radius 3 is 2.42 bits per heavy atom. The number of nitrogens with one attached hydrogen (secondary N) is 4. The smallest absolute Gasteiger partial charge is 0.329 e. The van der Waals surface area contributed by atoms with Gasteiger partial charge in [-0.05, 0) is 63.0 Å². The summed E-state index contributed by atoms with van der Waals surface area (Å²) in [7, 11) is -1.16. The maximum Gasteiger partial charge on any atom is 0.329 e. The first-order chi connectivity index (χ1) is 31.2. The van der Waals surface area contributed by atoms with Gasteiger partial charge in [0.15, 0.2) is 5.13 Å². The summed E-state index contributed by atoms with van der Waals surface area (Å²) >= 11 is 1.44. The summed E-state index contributed by atoms with van der Waals surface area (Å²) in [6, 6.07) is 2.80. The van der Waals surface area contributed by atoms with Crippen LogP contribution in [0.2, 0.25) is 0 Å². The molecule has 1 aliphatic carbocycles. The summed E-state index contributed by atoms with van der Waals surface area (Å²) in [5.41, 5.74) is -0.706. The van der Waals surface area contributed by atoms with Crippen molar-refractivity contribution >= 4 is 67.3 Å². The number of anilines is 1. The SMILES string of the molecule is COc1ccc2c(O[C@@H]3C[C@H]4C(=O)N[C@]5(C(=O)O)CC5CCCCCCC[C@H](NC(=O)N[C@H](C(=O)N5CCCN(C)S5(=O)=O)C(C)(C)C)C(=O)N4C3)cc(-c3csc(NC(C)C)n3)nc2c1. The van der Waals surface area contributed by atoms with Crippen molar-refractivity contribution in [2.45, 2.75) is 135 Å². The zero-order valence-corrected chi connectivity index (χ0v) is 40.4. The van der Waals surface area contributed by atoms with Crippen molar-refractivity contribution in [2.75, 3.05) is 39.1 Å². The molecule has 1 saturated carbocycles. The number of aromatic nitrogens is 2. The van der Waals surface area contributed by atoms with Crippen LogP contribution in [-0.4, -0.2) is 136 Å². The molecule has 19 nitrogen and oxygen atoms in total. The predicted molar refractivity (Wildman–Crippen MR) is 248 cm³/mol. The molecule has 5 amide bonds. The van der Waals surface area contributed by atoms with Gasteiger partial charge in [0.2, 0.25) is 11.8 Å². The van der Waals surface area contributed by atoms with Crippen molar-refractivity contribution in [1.29, 1.82) is 0 Å². The van der Waals surface area contributed by atoms with Gasteiger partial charge in [0.05, 0.1) is 24.9 Å². The van der Waals surface area contributed by atoms with Gasteiger partial charge in [-0.2, -0.15) is 12.7 Å². The van der Waals surface area contributed by atoms with E-state index < -0.39 is 75.1 Å². The summed E-state index contributed by atoms with van der Waals surface area (Å²) in [6.45, 7) is 9.28. The fourth-order valence-corrected chi connectivity index (χ4v) is 11.4. The molecule has 66 heavy (non-hydrogen) atoms. The van der Waals surface area contributed by atoms with E-state index in [4.69, 9.17) is 19.4 Å². The average molecular weight is 954 g/mol. The fraction of sp³-hybridized carbons (Fsp3) is 0.622. The minimum atomic E-state index is -4.11. The van der Waals surface area contributed by atoms with E-state index in [1.165, 1.54) is 23.3 Å². The van der Waals surface area contributed by atoms with Gasteiger partial charge in [-0.1, -0.05) is 52.9 Å². The summed E-state index contributed by atoms with van der Waals surface area (Å²) in [5.74, 6) is -2.41. The summed E-state index contributed by atoms with van der Waals surface area (Å²) < 4.78 is 40.6. The van der Waals surface area contributed by atoms with Crippen LogP contribution in [-0.2, 0) is 29.4 Å². The molecule has 0 bridgehead atoms. The molecule has 21 heteroatoms. The number of carboxylic acid groups (broad SMARTS) is 1. The number of urea groups is 1. The van der Waals surface area contributed by atoms with Crippen molar-refractivity contribution < 1.29 is 47.0 Å². The van der Waals surface area contributed by atoms with Gasteiger partial charge in [0, 0.05) is 55.5 Å². The minimum absolute atomic E-state index is 0.00464. The Morgan fingerprint density at radius 1 is 1.00 bits per heavy atom. The summed E-state index contributed by atoms with van der Waals surface area (Å²) in [4.78, 5) is 81.2. The first kappa shape index (κ1) is 48.6. The second-order valence-electron chi connectivity index (χ2n) is 19.3. The molecule has 5 N–H and O–H groups in total. The molecule has 5 heterocycles. The molecule has 7 rings (SSSR count). The highest BCUT2D eigenvalue weighted by atomic mass is 32.2. The van der Waals surface area contributed by atoms with Gasteiger partial charge in [0.25, 0.3) is 5.91 Å². The minimum Gasteiger partial charge on any atom is -0.497 e. The number of methoxy groups -OCH3 is 1. The molecule has 1 aromatic carbocycles. The molecular weight excluding hydrogens is 891 g/mol. The number of carbonyl (C=O) groups is 5. The number of ether oxygens (including phenoxy) is 2. The number of carbonyl (C=O) groups excluding carboxylic acids is 4. The van der Waals surface area contributed by atoms with Gasteiger partial charge in [-0.25, -0.2) is 23.9 Å². The molecule has 4 aliphatic rings. The van der Waals surface area contributed by atoms with Crippen molar-refractivity contribution in [3.8, 4) is 22.9 Å². The van der Waals surface area contributed by atoms with Crippen molar-refractivity contribution in [2.24, 2.45) is 11.3 Å². The van der Waals surface area contributed by atoms with E-state index in [1.807, 2.05) is 25.3 Å². The van der Waals surface area contributed by atoms with E-state index >= 15 is 0 Å². The number of fused-ring (bicyclic) bond motifs is 3. The molecule has 3 aromatic rings. The summed E-state index contributed by atoms with van der Waals surface area (Å²) in [5, 5.41) is 25.3. The van der Waals surface area contributed by atoms with E-state index in [0.717, 1.165) is 39.4 Å². The Balaban J connectivity index is 1.20. The number of hydrogen-bond acceptors (Lipinski definition) is 13. The first-order valence-electron chi connectivity index (χ1n) is 22.8. The third-order valence-electron chi connectivity index (χ3n) is 12.9. The lowest BCUT2D eigenvalue weighted by Gasteiger charge is -2.38. The van der Waals surface area contributed by atoms with Crippen molar-refractivity contribution in [1.82, 2.24) is 39.4 Å². The number of nitrogens with zero attached hydrogens (tertiary/aromatic N) is 5. The number of benzene rings is 1. The van der Waals surface area contributed by atoms with Crippen LogP contribution in [0.3, 0.4) is 0 Å². The molecule has 3 saturated heterocycles. The summed E-state index contributed by atoms with van der Waals surface area (Å²) in [6.07, 6.45) is 4.47. The van der Waals surface area contributed by atoms with Crippen LogP contribution in [0.4, 0.5) is 9.93 Å². The number of pyridine rings is 1. The number of thiazole rings is 1. The lowest BCUT2D eigenvalue weighted by atomic mass is 9.86. The van der Waals surface area contributed by atoms with Crippen LogP contribution in [0.15, 0.2) is 29.6 Å². The molecule has 6 atom stereocenters. The molecule has 4 fully saturated rings. The van der Waals surface area contributed by atoms with Gasteiger partial charge in [-0.15, -0.1) is 11.3 Å². The molecule has 0 radical (unpaired) electrons. The highest BCUT2D eigenvalue weighted by Crippen LogP contribution is 2.48. The Morgan fingerprint density at radius 2 is 1.73 bits per heavy atom. The predicted octanol–water partition coefficient (Wildman–Crippen LogP) is 4.73. The molecule has 360 valence electrons. The number of rotatable bonds is 10.